The number of halogens is 1. The molecule has 11 heteroatoms. The van der Waals surface area contributed by atoms with E-state index in [-0.39, 0.29) is 39.1 Å². The lowest BCUT2D eigenvalue weighted by atomic mass is 9.99. The molecular formula is C25H27BrN2O7S. The van der Waals surface area contributed by atoms with Crippen LogP contribution < -0.4 is 14.2 Å². The maximum Gasteiger partial charge on any atom is 0.283 e. The highest BCUT2D eigenvalue weighted by Crippen LogP contribution is 2.40. The SMILES string of the molecule is C=CC(C)(O)C(Br)c1cc(C(=O)c2cc(OC)c(OC)c(OC)c2)n(S(=O)(=O)c2ccc(C)cc2)n1. The van der Waals surface area contributed by atoms with E-state index in [1.54, 1.807) is 12.1 Å². The van der Waals surface area contributed by atoms with Gasteiger partial charge in [-0.1, -0.05) is 39.7 Å². The highest BCUT2D eigenvalue weighted by Gasteiger charge is 2.34. The van der Waals surface area contributed by atoms with Crippen LogP contribution in [0.5, 0.6) is 17.2 Å². The van der Waals surface area contributed by atoms with Crippen molar-refractivity contribution in [1.29, 1.82) is 0 Å². The molecule has 192 valence electrons. The van der Waals surface area contributed by atoms with Gasteiger partial charge in [0.1, 0.15) is 5.69 Å². The summed E-state index contributed by atoms with van der Waals surface area (Å²) in [5.41, 5.74) is -0.667. The number of aromatic nitrogens is 2. The Kier molecular flexibility index (Phi) is 7.97. The average molecular weight is 579 g/mol. The third-order valence-corrected chi connectivity index (χ3v) is 8.59. The molecule has 0 fully saturated rings. The molecule has 0 bridgehead atoms. The van der Waals surface area contributed by atoms with Gasteiger partial charge in [-0.3, -0.25) is 4.79 Å². The lowest BCUT2D eigenvalue weighted by Crippen LogP contribution is -2.27. The Labute approximate surface area is 218 Å². The predicted octanol–water partition coefficient (Wildman–Crippen LogP) is 4.06. The van der Waals surface area contributed by atoms with Crippen molar-refractivity contribution < 1.29 is 32.5 Å². The van der Waals surface area contributed by atoms with E-state index in [9.17, 15) is 18.3 Å². The van der Waals surface area contributed by atoms with Crippen LogP contribution in [0.2, 0.25) is 0 Å². The van der Waals surface area contributed by atoms with Gasteiger partial charge in [-0.25, -0.2) is 0 Å². The number of benzene rings is 2. The average Bonchev–Trinajstić information content (AvgIpc) is 3.33. The zero-order valence-electron chi connectivity index (χ0n) is 20.5. The van der Waals surface area contributed by atoms with Crippen LogP contribution in [0.25, 0.3) is 0 Å². The number of alkyl halides is 1. The van der Waals surface area contributed by atoms with Gasteiger partial charge >= 0.3 is 0 Å². The van der Waals surface area contributed by atoms with E-state index in [1.165, 1.54) is 64.7 Å². The Morgan fingerprint density at radius 3 is 2.14 bits per heavy atom. The minimum atomic E-state index is -4.28. The summed E-state index contributed by atoms with van der Waals surface area (Å²) < 4.78 is 43.8. The number of aliphatic hydroxyl groups is 1. The number of hydrogen-bond acceptors (Lipinski definition) is 8. The van der Waals surface area contributed by atoms with Gasteiger partial charge in [0.15, 0.2) is 11.5 Å². The molecule has 2 atom stereocenters. The second kappa shape index (κ2) is 10.5. The van der Waals surface area contributed by atoms with Crippen molar-refractivity contribution in [3.05, 3.63) is 77.6 Å². The summed E-state index contributed by atoms with van der Waals surface area (Å²) in [7, 11) is -0.0391. The van der Waals surface area contributed by atoms with Crippen LogP contribution in [0, 0.1) is 6.92 Å². The first kappa shape index (κ1) is 27.4. The molecule has 1 heterocycles. The minimum absolute atomic E-state index is 0.0525. The maximum atomic E-state index is 13.7. The molecule has 0 saturated carbocycles. The third-order valence-electron chi connectivity index (χ3n) is 5.59. The summed E-state index contributed by atoms with van der Waals surface area (Å²) in [4.78, 5) is 12.8. The normalized spacial score (nSPS) is 14.0. The van der Waals surface area contributed by atoms with E-state index < -0.39 is 26.2 Å². The topological polar surface area (TPSA) is 117 Å². The minimum Gasteiger partial charge on any atom is -0.493 e. The second-order valence-corrected chi connectivity index (χ2v) is 10.8. The van der Waals surface area contributed by atoms with Gasteiger partial charge in [0.2, 0.25) is 11.5 Å². The van der Waals surface area contributed by atoms with Gasteiger partial charge < -0.3 is 19.3 Å². The van der Waals surface area contributed by atoms with E-state index in [4.69, 9.17) is 14.2 Å². The summed E-state index contributed by atoms with van der Waals surface area (Å²) in [5.74, 6) is 0.0592. The van der Waals surface area contributed by atoms with Crippen molar-refractivity contribution in [2.24, 2.45) is 0 Å². The predicted molar refractivity (Wildman–Crippen MR) is 138 cm³/mol. The van der Waals surface area contributed by atoms with E-state index >= 15 is 0 Å². The van der Waals surface area contributed by atoms with Gasteiger partial charge in [-0.05, 0) is 44.2 Å². The van der Waals surface area contributed by atoms with E-state index in [0.717, 1.165) is 5.56 Å². The van der Waals surface area contributed by atoms with Crippen molar-refractivity contribution in [3.63, 3.8) is 0 Å². The maximum absolute atomic E-state index is 13.7. The van der Waals surface area contributed by atoms with E-state index in [1.807, 2.05) is 6.92 Å². The summed E-state index contributed by atoms with van der Waals surface area (Å²) >= 11 is 3.36. The Balaban J connectivity index is 2.26. The largest absolute Gasteiger partial charge is 0.493 e. The molecule has 3 rings (SSSR count). The summed E-state index contributed by atoms with van der Waals surface area (Å²) in [5, 5.41) is 14.9. The number of carbonyl (C=O) groups excluding carboxylic acids is 1. The molecule has 2 unspecified atom stereocenters. The molecule has 1 aromatic heterocycles. The number of aryl methyl sites for hydroxylation is 1. The fraction of sp³-hybridized carbons (Fsp3) is 0.280. The molecule has 2 aromatic carbocycles. The van der Waals surface area contributed by atoms with Crippen molar-refractivity contribution in [1.82, 2.24) is 9.19 Å². The molecule has 3 aromatic rings. The number of ketones is 1. The molecule has 0 saturated heterocycles. The quantitative estimate of drug-likeness (QED) is 0.217. The zero-order chi connectivity index (χ0) is 26.8. The van der Waals surface area contributed by atoms with Gasteiger partial charge in [-0.2, -0.15) is 13.5 Å². The monoisotopic (exact) mass is 578 g/mol. The van der Waals surface area contributed by atoms with Gasteiger partial charge in [0.25, 0.3) is 10.0 Å². The number of methoxy groups -OCH3 is 3. The molecule has 36 heavy (non-hydrogen) atoms. The molecular weight excluding hydrogens is 552 g/mol. The number of nitrogens with zero attached hydrogens (tertiary/aromatic N) is 2. The molecule has 0 aliphatic rings. The van der Waals surface area contributed by atoms with Gasteiger partial charge in [0.05, 0.1) is 42.3 Å². The van der Waals surface area contributed by atoms with Gasteiger partial charge in [-0.15, -0.1) is 10.7 Å². The van der Waals surface area contributed by atoms with Crippen molar-refractivity contribution >= 4 is 31.7 Å². The Morgan fingerprint density at radius 2 is 1.67 bits per heavy atom. The summed E-state index contributed by atoms with van der Waals surface area (Å²) in [6.07, 6.45) is 1.29. The first-order valence-electron chi connectivity index (χ1n) is 10.7. The lowest BCUT2D eigenvalue weighted by molar-refractivity contribution is 0.103. The Hall–Kier alpha value is -3.15. The molecule has 0 aliphatic heterocycles. The first-order valence-corrected chi connectivity index (χ1v) is 13.0. The van der Waals surface area contributed by atoms with E-state index in [2.05, 4.69) is 27.6 Å². The van der Waals surface area contributed by atoms with Crippen LogP contribution in [0.4, 0.5) is 0 Å². The first-order chi connectivity index (χ1) is 16.9. The third kappa shape index (κ3) is 5.04. The van der Waals surface area contributed by atoms with Crippen LogP contribution >= 0.6 is 15.9 Å². The van der Waals surface area contributed by atoms with Crippen LogP contribution in [-0.2, 0) is 10.0 Å². The van der Waals surface area contributed by atoms with Crippen molar-refractivity contribution in [2.75, 3.05) is 21.3 Å². The van der Waals surface area contributed by atoms with Crippen LogP contribution in [0.15, 0.2) is 60.0 Å². The standard InChI is InChI=1S/C25H27BrN2O7S/c1-7-25(3,30)24(26)18-14-19(28(27-18)36(31,32)17-10-8-15(2)9-11-17)22(29)16-12-20(33-4)23(35-6)21(13-16)34-5/h7-14,24,30H,1H2,2-6H3. The summed E-state index contributed by atoms with van der Waals surface area (Å²) in [6.45, 7) is 6.92. The van der Waals surface area contributed by atoms with Crippen LogP contribution in [0.3, 0.4) is 0 Å². The van der Waals surface area contributed by atoms with E-state index in [0.29, 0.717) is 4.09 Å². The van der Waals surface area contributed by atoms with Gasteiger partial charge in [0, 0.05) is 5.56 Å². The Bertz CT molecular complexity index is 1370. The fourth-order valence-corrected chi connectivity index (χ4v) is 5.10. The molecule has 9 nitrogen and oxygen atoms in total. The highest BCUT2D eigenvalue weighted by atomic mass is 79.9. The fourth-order valence-electron chi connectivity index (χ4n) is 3.42. The number of rotatable bonds is 10. The molecule has 0 amide bonds. The summed E-state index contributed by atoms with van der Waals surface area (Å²) in [6, 6.07) is 10.3. The molecule has 0 spiro atoms. The molecule has 0 radical (unpaired) electrons. The van der Waals surface area contributed by atoms with Crippen LogP contribution in [-0.4, -0.2) is 55.4 Å². The smallest absolute Gasteiger partial charge is 0.283 e. The van der Waals surface area contributed by atoms with Crippen molar-refractivity contribution in [3.8, 4) is 17.2 Å². The Morgan fingerprint density at radius 1 is 1.11 bits per heavy atom. The zero-order valence-corrected chi connectivity index (χ0v) is 22.9. The highest BCUT2D eigenvalue weighted by molar-refractivity contribution is 9.09. The lowest BCUT2D eigenvalue weighted by Gasteiger charge is -2.23. The molecule has 1 N–H and O–H groups in total. The number of ether oxygens (including phenoxy) is 3. The number of carbonyl (C=O) groups is 1. The molecule has 0 aliphatic carbocycles. The van der Waals surface area contributed by atoms with Crippen LogP contribution in [0.1, 0.15) is 39.1 Å². The second-order valence-electron chi connectivity index (χ2n) is 8.15. The van der Waals surface area contributed by atoms with Crippen molar-refractivity contribution in [2.45, 2.75) is 29.2 Å². The number of hydrogen-bond donors (Lipinski definition) is 1.